The lowest BCUT2D eigenvalue weighted by Gasteiger charge is -2.03. The molecule has 2 aliphatic rings. The van der Waals surface area contributed by atoms with Crippen LogP contribution in [0.4, 0.5) is 5.69 Å². The van der Waals surface area contributed by atoms with Crippen LogP contribution in [-0.2, 0) is 0 Å². The zero-order chi connectivity index (χ0) is 19.1. The summed E-state index contributed by atoms with van der Waals surface area (Å²) in [6, 6.07) is 18.2. The number of phenols is 1. The first kappa shape index (κ1) is 16.1. The van der Waals surface area contributed by atoms with Crippen molar-refractivity contribution in [2.75, 3.05) is 0 Å². The summed E-state index contributed by atoms with van der Waals surface area (Å²) < 4.78 is 0. The van der Waals surface area contributed by atoms with E-state index in [4.69, 9.17) is 0 Å². The molecule has 2 N–H and O–H groups in total. The van der Waals surface area contributed by atoms with Gasteiger partial charge in [0.05, 0.1) is 16.8 Å². The molecule has 0 saturated carbocycles. The van der Waals surface area contributed by atoms with Crippen molar-refractivity contribution < 1.29 is 9.90 Å². The van der Waals surface area contributed by atoms with E-state index < -0.39 is 5.91 Å². The first-order chi connectivity index (χ1) is 13.7. The fraction of sp³-hybridized carbons (Fsp3) is 0. The number of amides is 1. The number of aromatic amines is 1. The molecule has 6 heteroatoms. The number of fused-ring (bicyclic) bond motifs is 4. The summed E-state index contributed by atoms with van der Waals surface area (Å²) in [5.41, 5.74) is 3.13. The Kier molecular flexibility index (Phi) is 3.62. The molecule has 1 aliphatic carbocycles. The SMILES string of the molecule is O=C(N=Nc1c2ccc[nH]c-2c2ncccc12)c1cc2ccccc2cc1O. The summed E-state index contributed by atoms with van der Waals surface area (Å²) in [6.07, 6.45) is 3.53. The maximum Gasteiger partial charge on any atom is 0.299 e. The minimum Gasteiger partial charge on any atom is -0.507 e. The first-order valence-electron chi connectivity index (χ1n) is 8.74. The Balaban J connectivity index is 1.60. The normalized spacial score (nSPS) is 11.7. The van der Waals surface area contributed by atoms with Crippen molar-refractivity contribution in [2.45, 2.75) is 0 Å². The summed E-state index contributed by atoms with van der Waals surface area (Å²) in [5.74, 6) is -0.718. The number of azo groups is 1. The van der Waals surface area contributed by atoms with Crippen molar-refractivity contribution in [3.05, 3.63) is 78.6 Å². The highest BCUT2D eigenvalue weighted by molar-refractivity contribution is 6.09. The van der Waals surface area contributed by atoms with Crippen molar-refractivity contribution in [3.8, 4) is 17.0 Å². The standard InChI is InChI=1S/C22H14N4O2/c27-18-12-14-6-2-1-5-13(14)11-17(18)22(28)26-25-19-15-7-3-9-23-20(15)21-16(19)8-4-10-24-21/h1-12,23,27H. The van der Waals surface area contributed by atoms with Crippen LogP contribution in [0.1, 0.15) is 10.4 Å². The van der Waals surface area contributed by atoms with Gasteiger partial charge in [-0.15, -0.1) is 10.2 Å². The number of aromatic nitrogens is 2. The first-order valence-corrected chi connectivity index (χ1v) is 8.74. The summed E-state index contributed by atoms with van der Waals surface area (Å²) >= 11 is 0. The minimum absolute atomic E-state index is 0.116. The lowest BCUT2D eigenvalue weighted by Crippen LogP contribution is -1.94. The molecule has 134 valence electrons. The number of nitrogens with zero attached hydrogens (tertiary/aromatic N) is 3. The second kappa shape index (κ2) is 6.28. The quantitative estimate of drug-likeness (QED) is 0.407. The number of pyridine rings is 2. The van der Waals surface area contributed by atoms with E-state index in [1.54, 1.807) is 18.3 Å². The maximum atomic E-state index is 12.6. The van der Waals surface area contributed by atoms with E-state index in [0.29, 0.717) is 5.69 Å². The minimum atomic E-state index is -0.602. The monoisotopic (exact) mass is 366 g/mol. The smallest absolute Gasteiger partial charge is 0.299 e. The predicted molar refractivity (Wildman–Crippen MR) is 107 cm³/mol. The van der Waals surface area contributed by atoms with Crippen LogP contribution < -0.4 is 0 Å². The third kappa shape index (κ3) is 2.51. The highest BCUT2D eigenvalue weighted by atomic mass is 16.3. The molecule has 2 heterocycles. The van der Waals surface area contributed by atoms with Crippen molar-refractivity contribution in [1.29, 1.82) is 0 Å². The number of hydrogen-bond donors (Lipinski definition) is 2. The topological polar surface area (TPSA) is 90.7 Å². The van der Waals surface area contributed by atoms with Gasteiger partial charge in [0.2, 0.25) is 0 Å². The molecule has 0 bridgehead atoms. The highest BCUT2D eigenvalue weighted by Gasteiger charge is 2.19. The van der Waals surface area contributed by atoms with Gasteiger partial charge in [-0.25, -0.2) is 0 Å². The molecule has 1 amide bonds. The van der Waals surface area contributed by atoms with Crippen LogP contribution in [0.2, 0.25) is 0 Å². The van der Waals surface area contributed by atoms with Gasteiger partial charge in [0.25, 0.3) is 5.91 Å². The van der Waals surface area contributed by atoms with Crippen LogP contribution in [0.15, 0.2) is 83.3 Å². The van der Waals surface area contributed by atoms with Gasteiger partial charge in [-0.2, -0.15) is 0 Å². The second-order valence-electron chi connectivity index (χ2n) is 6.43. The summed E-state index contributed by atoms with van der Waals surface area (Å²) in [4.78, 5) is 20.2. The number of hydrogen-bond acceptors (Lipinski definition) is 4. The fourth-order valence-electron chi connectivity index (χ4n) is 3.43. The number of phenolic OH excluding ortho intramolecular Hbond substituents is 1. The Bertz CT molecular complexity index is 1350. The van der Waals surface area contributed by atoms with Crippen LogP contribution in [-0.4, -0.2) is 21.0 Å². The molecule has 0 radical (unpaired) electrons. The molecule has 1 aliphatic heterocycles. The van der Waals surface area contributed by atoms with Crippen molar-refractivity contribution in [2.24, 2.45) is 10.2 Å². The molecule has 0 unspecified atom stereocenters. The Labute approximate surface area is 159 Å². The Morgan fingerprint density at radius 2 is 1.82 bits per heavy atom. The van der Waals surface area contributed by atoms with E-state index in [1.165, 1.54) is 0 Å². The van der Waals surface area contributed by atoms with Crippen molar-refractivity contribution >= 4 is 33.3 Å². The van der Waals surface area contributed by atoms with Gasteiger partial charge < -0.3 is 10.1 Å². The third-order valence-electron chi connectivity index (χ3n) is 4.75. The number of H-pyrrole nitrogens is 1. The number of carbonyl (C=O) groups is 1. The summed E-state index contributed by atoms with van der Waals surface area (Å²) in [7, 11) is 0. The molecule has 5 rings (SSSR count). The Morgan fingerprint density at radius 1 is 1.00 bits per heavy atom. The van der Waals surface area contributed by atoms with Crippen LogP contribution in [0.5, 0.6) is 5.75 Å². The van der Waals surface area contributed by atoms with Crippen LogP contribution >= 0.6 is 0 Å². The zero-order valence-corrected chi connectivity index (χ0v) is 14.6. The molecule has 0 fully saturated rings. The molecule has 3 aromatic rings. The molecule has 28 heavy (non-hydrogen) atoms. The number of carbonyl (C=O) groups excluding carboxylic acids is 1. The number of rotatable bonds is 2. The maximum absolute atomic E-state index is 12.6. The third-order valence-corrected chi connectivity index (χ3v) is 4.75. The average Bonchev–Trinajstić information content (AvgIpc) is 3.05. The fourth-order valence-corrected chi connectivity index (χ4v) is 3.43. The molecule has 0 saturated heterocycles. The summed E-state index contributed by atoms with van der Waals surface area (Å²) in [5, 5.41) is 20.9. The number of aromatic hydroxyl groups is 1. The van der Waals surface area contributed by atoms with Gasteiger partial charge in [0, 0.05) is 23.3 Å². The Morgan fingerprint density at radius 3 is 2.68 bits per heavy atom. The van der Waals surface area contributed by atoms with E-state index in [0.717, 1.165) is 32.9 Å². The lowest BCUT2D eigenvalue weighted by atomic mass is 10.1. The van der Waals surface area contributed by atoms with E-state index in [-0.39, 0.29) is 11.3 Å². The molecular weight excluding hydrogens is 352 g/mol. The van der Waals surface area contributed by atoms with Gasteiger partial charge in [-0.05, 0) is 47.2 Å². The average molecular weight is 366 g/mol. The largest absolute Gasteiger partial charge is 0.507 e. The predicted octanol–water partition coefficient (Wildman–Crippen LogP) is 5.45. The highest BCUT2D eigenvalue weighted by Crippen LogP contribution is 2.42. The van der Waals surface area contributed by atoms with Crippen molar-refractivity contribution in [3.63, 3.8) is 0 Å². The molecule has 6 nitrogen and oxygen atoms in total. The van der Waals surface area contributed by atoms with Gasteiger partial charge in [-0.1, -0.05) is 24.3 Å². The Hall–Kier alpha value is -4.06. The van der Waals surface area contributed by atoms with Gasteiger partial charge in [0.15, 0.2) is 0 Å². The van der Waals surface area contributed by atoms with Crippen LogP contribution in [0.25, 0.3) is 32.9 Å². The number of nitrogens with one attached hydrogen (secondary N) is 1. The molecule has 2 aromatic carbocycles. The number of benzene rings is 2. The van der Waals surface area contributed by atoms with Crippen LogP contribution in [0, 0.1) is 0 Å². The molecular formula is C22H14N4O2. The molecule has 1 aromatic heterocycles. The van der Waals surface area contributed by atoms with Gasteiger partial charge in [-0.3, -0.25) is 9.78 Å². The zero-order valence-electron chi connectivity index (χ0n) is 14.6. The molecule has 0 atom stereocenters. The van der Waals surface area contributed by atoms with Gasteiger partial charge in [0.1, 0.15) is 11.4 Å². The molecule has 0 spiro atoms. The van der Waals surface area contributed by atoms with Crippen molar-refractivity contribution in [1.82, 2.24) is 9.97 Å². The second-order valence-corrected chi connectivity index (χ2v) is 6.43. The van der Waals surface area contributed by atoms with E-state index in [1.807, 2.05) is 54.7 Å². The van der Waals surface area contributed by atoms with E-state index in [9.17, 15) is 9.90 Å². The lowest BCUT2D eigenvalue weighted by molar-refractivity contribution is 0.0992. The van der Waals surface area contributed by atoms with Gasteiger partial charge >= 0.3 is 0 Å². The summed E-state index contributed by atoms with van der Waals surface area (Å²) in [6.45, 7) is 0. The van der Waals surface area contributed by atoms with Crippen LogP contribution in [0.3, 0.4) is 0 Å². The van der Waals surface area contributed by atoms with E-state index >= 15 is 0 Å². The van der Waals surface area contributed by atoms with E-state index in [2.05, 4.69) is 20.2 Å².